The van der Waals surface area contributed by atoms with E-state index in [9.17, 15) is 0 Å². The van der Waals surface area contributed by atoms with E-state index in [0.29, 0.717) is 5.82 Å². The van der Waals surface area contributed by atoms with Crippen molar-refractivity contribution >= 4 is 17.5 Å². The molecule has 0 spiro atoms. The number of nitrogens with two attached hydrogens (primary N) is 1. The van der Waals surface area contributed by atoms with Gasteiger partial charge in [-0.15, -0.1) is 0 Å². The van der Waals surface area contributed by atoms with Crippen molar-refractivity contribution in [2.45, 2.75) is 6.92 Å². The Balaban J connectivity index is 1.94. The van der Waals surface area contributed by atoms with Crippen molar-refractivity contribution in [1.29, 1.82) is 0 Å². The first kappa shape index (κ1) is 14.8. The highest BCUT2D eigenvalue weighted by Gasteiger charge is 2.06. The molecular formula is C18H18N4O. The summed E-state index contributed by atoms with van der Waals surface area (Å²) in [6, 6.07) is 17.8. The third-order valence-corrected chi connectivity index (χ3v) is 3.42. The SMILES string of the molecule is COc1ccccc1-c1cccc(Nc2cc(C)nc(N)n2)c1. The summed E-state index contributed by atoms with van der Waals surface area (Å²) in [7, 11) is 1.67. The molecule has 0 unspecified atom stereocenters. The summed E-state index contributed by atoms with van der Waals surface area (Å²) in [4.78, 5) is 8.27. The van der Waals surface area contributed by atoms with Crippen LogP contribution in [0.5, 0.6) is 5.75 Å². The van der Waals surface area contributed by atoms with Crippen LogP contribution < -0.4 is 15.8 Å². The minimum absolute atomic E-state index is 0.258. The van der Waals surface area contributed by atoms with Crippen LogP contribution in [0.2, 0.25) is 0 Å². The molecule has 1 heterocycles. The van der Waals surface area contributed by atoms with Crippen LogP contribution in [-0.2, 0) is 0 Å². The number of aromatic nitrogens is 2. The summed E-state index contributed by atoms with van der Waals surface area (Å²) in [5, 5.41) is 3.26. The number of nitrogens with zero attached hydrogens (tertiary/aromatic N) is 2. The average molecular weight is 306 g/mol. The summed E-state index contributed by atoms with van der Waals surface area (Å²) in [6.07, 6.45) is 0. The van der Waals surface area contributed by atoms with E-state index in [-0.39, 0.29) is 5.95 Å². The minimum Gasteiger partial charge on any atom is -0.496 e. The van der Waals surface area contributed by atoms with E-state index in [4.69, 9.17) is 10.5 Å². The number of benzene rings is 2. The van der Waals surface area contributed by atoms with Crippen LogP contribution in [0.25, 0.3) is 11.1 Å². The molecule has 0 radical (unpaired) electrons. The summed E-state index contributed by atoms with van der Waals surface area (Å²) < 4.78 is 5.43. The first-order valence-corrected chi connectivity index (χ1v) is 7.27. The van der Waals surface area contributed by atoms with Gasteiger partial charge in [0.15, 0.2) is 0 Å². The van der Waals surface area contributed by atoms with Crippen LogP contribution in [0.1, 0.15) is 5.69 Å². The van der Waals surface area contributed by atoms with E-state index in [1.54, 1.807) is 7.11 Å². The molecule has 0 saturated heterocycles. The predicted octanol–water partition coefficient (Wildman–Crippen LogP) is 3.79. The summed E-state index contributed by atoms with van der Waals surface area (Å²) >= 11 is 0. The Bertz CT molecular complexity index is 813. The highest BCUT2D eigenvalue weighted by molar-refractivity contribution is 5.74. The van der Waals surface area contributed by atoms with Gasteiger partial charge in [-0.1, -0.05) is 30.3 Å². The van der Waals surface area contributed by atoms with Crippen LogP contribution in [0.3, 0.4) is 0 Å². The smallest absolute Gasteiger partial charge is 0.222 e. The van der Waals surface area contributed by atoms with E-state index in [0.717, 1.165) is 28.3 Å². The number of hydrogen-bond donors (Lipinski definition) is 2. The van der Waals surface area contributed by atoms with Gasteiger partial charge in [-0.25, -0.2) is 4.98 Å². The van der Waals surface area contributed by atoms with E-state index >= 15 is 0 Å². The van der Waals surface area contributed by atoms with E-state index < -0.39 is 0 Å². The van der Waals surface area contributed by atoms with Gasteiger partial charge in [0.2, 0.25) is 5.95 Å². The summed E-state index contributed by atoms with van der Waals surface area (Å²) in [5.41, 5.74) is 9.54. The zero-order valence-corrected chi connectivity index (χ0v) is 13.1. The molecule has 23 heavy (non-hydrogen) atoms. The Kier molecular flexibility index (Phi) is 4.10. The number of hydrogen-bond acceptors (Lipinski definition) is 5. The van der Waals surface area contributed by atoms with Crippen LogP contribution in [0.4, 0.5) is 17.5 Å². The van der Waals surface area contributed by atoms with Crippen molar-refractivity contribution in [3.05, 3.63) is 60.3 Å². The Morgan fingerprint density at radius 3 is 2.61 bits per heavy atom. The molecule has 0 aliphatic heterocycles. The zero-order valence-electron chi connectivity index (χ0n) is 13.1. The standard InChI is InChI=1S/C18H18N4O/c1-12-10-17(22-18(19)20-12)21-14-7-5-6-13(11-14)15-8-3-4-9-16(15)23-2/h3-11H,1-2H3,(H3,19,20,21,22). The van der Waals surface area contributed by atoms with Gasteiger partial charge in [-0.3, -0.25) is 0 Å². The molecule has 0 aliphatic carbocycles. The lowest BCUT2D eigenvalue weighted by atomic mass is 10.0. The normalized spacial score (nSPS) is 10.3. The van der Waals surface area contributed by atoms with Crippen molar-refractivity contribution < 1.29 is 4.74 Å². The number of nitrogen functional groups attached to an aromatic ring is 1. The summed E-state index contributed by atoms with van der Waals surface area (Å²) in [6.45, 7) is 1.88. The number of para-hydroxylation sites is 1. The topological polar surface area (TPSA) is 73.1 Å². The van der Waals surface area contributed by atoms with Crippen molar-refractivity contribution in [1.82, 2.24) is 9.97 Å². The monoisotopic (exact) mass is 306 g/mol. The molecule has 5 nitrogen and oxygen atoms in total. The third-order valence-electron chi connectivity index (χ3n) is 3.42. The zero-order chi connectivity index (χ0) is 16.2. The highest BCUT2D eigenvalue weighted by Crippen LogP contribution is 2.31. The maximum atomic E-state index is 5.69. The number of nitrogens with one attached hydrogen (secondary N) is 1. The van der Waals surface area contributed by atoms with Crippen molar-refractivity contribution in [3.8, 4) is 16.9 Å². The molecule has 2 aromatic carbocycles. The van der Waals surface area contributed by atoms with Crippen LogP contribution in [-0.4, -0.2) is 17.1 Å². The first-order chi connectivity index (χ1) is 11.2. The Morgan fingerprint density at radius 1 is 1.00 bits per heavy atom. The van der Waals surface area contributed by atoms with E-state index in [2.05, 4.69) is 15.3 Å². The fourth-order valence-electron chi connectivity index (χ4n) is 2.45. The maximum absolute atomic E-state index is 5.69. The third kappa shape index (κ3) is 3.40. The molecule has 1 aromatic heterocycles. The number of methoxy groups -OCH3 is 1. The number of rotatable bonds is 4. The minimum atomic E-state index is 0.258. The fraction of sp³-hybridized carbons (Fsp3) is 0.111. The molecule has 116 valence electrons. The van der Waals surface area contributed by atoms with Gasteiger partial charge in [0.05, 0.1) is 7.11 Å². The number of anilines is 3. The predicted molar refractivity (Wildman–Crippen MR) is 92.9 cm³/mol. The van der Waals surface area contributed by atoms with Crippen molar-refractivity contribution in [2.75, 3.05) is 18.2 Å². The van der Waals surface area contributed by atoms with Gasteiger partial charge in [0.25, 0.3) is 0 Å². The molecule has 0 amide bonds. The van der Waals surface area contributed by atoms with Gasteiger partial charge in [-0.2, -0.15) is 4.98 Å². The highest BCUT2D eigenvalue weighted by atomic mass is 16.5. The maximum Gasteiger partial charge on any atom is 0.222 e. The second-order valence-corrected chi connectivity index (χ2v) is 5.16. The molecule has 5 heteroatoms. The van der Waals surface area contributed by atoms with Gasteiger partial charge in [-0.05, 0) is 30.7 Å². The number of ether oxygens (including phenoxy) is 1. The number of aryl methyl sites for hydroxylation is 1. The van der Waals surface area contributed by atoms with Crippen molar-refractivity contribution in [3.63, 3.8) is 0 Å². The summed E-state index contributed by atoms with van der Waals surface area (Å²) in [5.74, 6) is 1.77. The van der Waals surface area contributed by atoms with Gasteiger partial charge >= 0.3 is 0 Å². The van der Waals surface area contributed by atoms with E-state index in [1.165, 1.54) is 0 Å². The molecule has 0 aliphatic rings. The average Bonchev–Trinajstić information content (AvgIpc) is 2.54. The molecular weight excluding hydrogens is 288 g/mol. The Hall–Kier alpha value is -3.08. The molecule has 3 rings (SSSR count). The Morgan fingerprint density at radius 2 is 1.83 bits per heavy atom. The van der Waals surface area contributed by atoms with Crippen LogP contribution in [0, 0.1) is 6.92 Å². The molecule has 3 aromatic rings. The molecule has 0 atom stereocenters. The second kappa shape index (κ2) is 6.36. The van der Waals surface area contributed by atoms with Gasteiger partial charge in [0, 0.05) is 23.0 Å². The Labute approximate surface area is 135 Å². The first-order valence-electron chi connectivity index (χ1n) is 7.27. The second-order valence-electron chi connectivity index (χ2n) is 5.16. The van der Waals surface area contributed by atoms with Gasteiger partial charge in [0.1, 0.15) is 11.6 Å². The molecule has 0 bridgehead atoms. The van der Waals surface area contributed by atoms with Crippen LogP contribution >= 0.6 is 0 Å². The van der Waals surface area contributed by atoms with E-state index in [1.807, 2.05) is 61.5 Å². The molecule has 0 saturated carbocycles. The lowest BCUT2D eigenvalue weighted by Gasteiger charge is -2.11. The molecule has 3 N–H and O–H groups in total. The quantitative estimate of drug-likeness (QED) is 0.767. The molecule has 0 fully saturated rings. The fourth-order valence-corrected chi connectivity index (χ4v) is 2.45. The lowest BCUT2D eigenvalue weighted by Crippen LogP contribution is -2.01. The largest absolute Gasteiger partial charge is 0.496 e. The lowest BCUT2D eigenvalue weighted by molar-refractivity contribution is 0.416. The van der Waals surface area contributed by atoms with Crippen molar-refractivity contribution in [2.24, 2.45) is 0 Å². The van der Waals surface area contributed by atoms with Crippen LogP contribution in [0.15, 0.2) is 54.6 Å². The van der Waals surface area contributed by atoms with Gasteiger partial charge < -0.3 is 15.8 Å².